The lowest BCUT2D eigenvalue weighted by Crippen LogP contribution is -2.39. The number of aryl methyl sites for hydroxylation is 1. The summed E-state index contributed by atoms with van der Waals surface area (Å²) in [5, 5.41) is 22.7. The summed E-state index contributed by atoms with van der Waals surface area (Å²) < 4.78 is 1.62. The van der Waals surface area contributed by atoms with Gasteiger partial charge in [0, 0.05) is 14.1 Å². The number of pyridine rings is 1. The lowest BCUT2D eigenvalue weighted by atomic mass is 10.1. The molecule has 12 heteroatoms. The highest BCUT2D eigenvalue weighted by atomic mass is 16.6. The number of carboxylic acids is 1. The van der Waals surface area contributed by atoms with Gasteiger partial charge in [0.1, 0.15) is 11.0 Å². The molecule has 3 aromatic rings. The monoisotopic (exact) mass is 387 g/mol. The molecule has 0 fully saturated rings. The number of carbonyl (C=O) groups is 1. The molecule has 28 heavy (non-hydrogen) atoms. The third-order valence-corrected chi connectivity index (χ3v) is 4.19. The van der Waals surface area contributed by atoms with Gasteiger partial charge in [0.05, 0.1) is 16.2 Å². The molecule has 144 valence electrons. The molecule has 0 unspecified atom stereocenters. The molecule has 2 aromatic heterocycles. The first kappa shape index (κ1) is 18.6. The molecule has 0 aliphatic heterocycles. The maximum absolute atomic E-state index is 12.7. The number of aromatic nitrogens is 3. The Morgan fingerprint density at radius 1 is 1.18 bits per heavy atom. The molecule has 0 bridgehead atoms. The van der Waals surface area contributed by atoms with Crippen LogP contribution in [0.3, 0.4) is 0 Å². The maximum atomic E-state index is 12.7. The van der Waals surface area contributed by atoms with Gasteiger partial charge < -0.3 is 15.4 Å². The summed E-state index contributed by atoms with van der Waals surface area (Å²) >= 11 is 0. The van der Waals surface area contributed by atoms with Crippen molar-refractivity contribution < 1.29 is 14.8 Å². The second-order valence-corrected chi connectivity index (χ2v) is 5.84. The van der Waals surface area contributed by atoms with Crippen molar-refractivity contribution in [3.63, 3.8) is 0 Å². The molecule has 0 aliphatic rings. The first-order chi connectivity index (χ1) is 13.1. The summed E-state index contributed by atoms with van der Waals surface area (Å²) in [7, 11) is 2.42. The third kappa shape index (κ3) is 2.72. The van der Waals surface area contributed by atoms with Crippen LogP contribution in [0.4, 0.5) is 17.2 Å². The molecule has 0 radical (unpaired) electrons. The Kier molecular flexibility index (Phi) is 4.31. The smallest absolute Gasteiger partial charge is 0.357 e. The summed E-state index contributed by atoms with van der Waals surface area (Å²) in [5.74, 6) is -1.75. The number of hydrogen-bond acceptors (Lipinski definition) is 7. The number of aromatic carboxylic acids is 1. The van der Waals surface area contributed by atoms with Crippen LogP contribution in [0, 0.1) is 10.1 Å². The number of nitrogens with zero attached hydrogens (tertiary/aromatic N) is 3. The number of nitrogens with one attached hydrogen (secondary N) is 2. The van der Waals surface area contributed by atoms with Crippen LogP contribution in [0.5, 0.6) is 0 Å². The maximum Gasteiger partial charge on any atom is 0.357 e. The SMILES string of the molecule is Cn1c(=O)c2c(=O)c([N+](=O)[O-])c(Nc3ccccc3C(=O)O)[nH]c2n(C)c1=O. The van der Waals surface area contributed by atoms with Crippen molar-refractivity contribution in [2.45, 2.75) is 0 Å². The highest BCUT2D eigenvalue weighted by molar-refractivity contribution is 5.95. The Labute approximate surface area is 154 Å². The van der Waals surface area contributed by atoms with Crippen LogP contribution in [0.1, 0.15) is 10.4 Å². The number of anilines is 2. The van der Waals surface area contributed by atoms with E-state index in [1.807, 2.05) is 0 Å². The second kappa shape index (κ2) is 6.50. The Bertz CT molecular complexity index is 1330. The number of hydrogen-bond donors (Lipinski definition) is 3. The van der Waals surface area contributed by atoms with E-state index < -0.39 is 44.5 Å². The Balaban J connectivity index is 2.42. The highest BCUT2D eigenvalue weighted by Crippen LogP contribution is 2.26. The number of H-pyrrole nitrogens is 1. The van der Waals surface area contributed by atoms with Crippen LogP contribution in [0.15, 0.2) is 38.6 Å². The van der Waals surface area contributed by atoms with E-state index in [1.54, 1.807) is 0 Å². The number of benzene rings is 1. The van der Waals surface area contributed by atoms with E-state index in [9.17, 15) is 34.4 Å². The average molecular weight is 387 g/mol. The van der Waals surface area contributed by atoms with E-state index in [0.29, 0.717) is 4.57 Å². The zero-order chi connectivity index (χ0) is 20.7. The average Bonchev–Trinajstić information content (AvgIpc) is 2.64. The second-order valence-electron chi connectivity index (χ2n) is 5.84. The molecule has 3 rings (SSSR count). The molecular weight excluding hydrogens is 374 g/mol. The summed E-state index contributed by atoms with van der Waals surface area (Å²) in [4.78, 5) is 61.5. The molecule has 12 nitrogen and oxygen atoms in total. The number of carboxylic acid groups (broad SMARTS) is 1. The first-order valence-corrected chi connectivity index (χ1v) is 7.75. The van der Waals surface area contributed by atoms with E-state index >= 15 is 0 Å². The van der Waals surface area contributed by atoms with E-state index in [1.165, 1.54) is 31.3 Å². The van der Waals surface area contributed by atoms with E-state index in [2.05, 4.69) is 10.3 Å². The van der Waals surface area contributed by atoms with Crippen molar-refractivity contribution in [3.05, 3.63) is 71.0 Å². The third-order valence-electron chi connectivity index (χ3n) is 4.19. The van der Waals surface area contributed by atoms with Gasteiger partial charge in [-0.2, -0.15) is 0 Å². The van der Waals surface area contributed by atoms with Crippen molar-refractivity contribution in [2.75, 3.05) is 5.32 Å². The minimum atomic E-state index is -1.30. The van der Waals surface area contributed by atoms with Crippen molar-refractivity contribution in [1.29, 1.82) is 0 Å². The van der Waals surface area contributed by atoms with Crippen LogP contribution in [-0.4, -0.2) is 30.1 Å². The fraction of sp³-hybridized carbons (Fsp3) is 0.125. The summed E-state index contributed by atoms with van der Waals surface area (Å²) in [6.45, 7) is 0. The Morgan fingerprint density at radius 3 is 2.43 bits per heavy atom. The minimum absolute atomic E-state index is 0.0260. The summed E-state index contributed by atoms with van der Waals surface area (Å²) in [6, 6.07) is 5.56. The fourth-order valence-electron chi connectivity index (χ4n) is 2.78. The largest absolute Gasteiger partial charge is 0.478 e. The number of aromatic amines is 1. The van der Waals surface area contributed by atoms with Crippen molar-refractivity contribution >= 4 is 34.2 Å². The van der Waals surface area contributed by atoms with Crippen molar-refractivity contribution in [1.82, 2.24) is 14.1 Å². The van der Waals surface area contributed by atoms with E-state index in [4.69, 9.17) is 0 Å². The Morgan fingerprint density at radius 2 is 1.82 bits per heavy atom. The molecule has 0 saturated carbocycles. The van der Waals surface area contributed by atoms with Gasteiger partial charge in [0.25, 0.3) is 11.0 Å². The summed E-state index contributed by atoms with van der Waals surface area (Å²) in [5.41, 5.74) is -4.39. The number of para-hydroxylation sites is 1. The fourth-order valence-corrected chi connectivity index (χ4v) is 2.78. The molecule has 2 heterocycles. The number of rotatable bonds is 4. The van der Waals surface area contributed by atoms with Crippen LogP contribution < -0.4 is 22.0 Å². The van der Waals surface area contributed by atoms with Gasteiger partial charge in [0.2, 0.25) is 0 Å². The molecule has 3 N–H and O–H groups in total. The van der Waals surface area contributed by atoms with E-state index in [-0.39, 0.29) is 16.9 Å². The van der Waals surface area contributed by atoms with Crippen molar-refractivity contribution in [3.8, 4) is 0 Å². The number of nitro groups is 1. The van der Waals surface area contributed by atoms with Crippen LogP contribution in [0.25, 0.3) is 11.0 Å². The zero-order valence-corrected chi connectivity index (χ0v) is 14.5. The van der Waals surface area contributed by atoms with Gasteiger partial charge in [-0.3, -0.25) is 28.8 Å². The van der Waals surface area contributed by atoms with Gasteiger partial charge in [-0.25, -0.2) is 9.59 Å². The van der Waals surface area contributed by atoms with Gasteiger partial charge in [-0.15, -0.1) is 0 Å². The predicted octanol–water partition coefficient (Wildman–Crippen LogP) is 0.275. The van der Waals surface area contributed by atoms with Gasteiger partial charge in [0.15, 0.2) is 5.82 Å². The van der Waals surface area contributed by atoms with Crippen LogP contribution in [0.2, 0.25) is 0 Å². The normalized spacial score (nSPS) is 10.8. The van der Waals surface area contributed by atoms with Gasteiger partial charge in [-0.05, 0) is 12.1 Å². The first-order valence-electron chi connectivity index (χ1n) is 7.75. The van der Waals surface area contributed by atoms with Crippen LogP contribution >= 0.6 is 0 Å². The lowest BCUT2D eigenvalue weighted by Gasteiger charge is -2.12. The van der Waals surface area contributed by atoms with E-state index in [0.717, 1.165) is 11.6 Å². The Hall–Kier alpha value is -4.22. The van der Waals surface area contributed by atoms with Gasteiger partial charge in [-0.1, -0.05) is 12.1 Å². The van der Waals surface area contributed by atoms with Crippen LogP contribution in [-0.2, 0) is 14.1 Å². The standard InChI is InChI=1S/C16H13N5O7/c1-19-13-9(14(23)20(2)16(19)26)11(22)10(21(27)28)12(18-13)17-8-6-4-3-5-7(8)15(24)25/h3-6H,1-2H3,(H,24,25)(H2,17,18,22). The zero-order valence-electron chi connectivity index (χ0n) is 14.5. The molecule has 0 saturated heterocycles. The minimum Gasteiger partial charge on any atom is -0.478 e. The molecular formula is C16H13N5O7. The molecule has 0 aliphatic carbocycles. The molecule has 1 aromatic carbocycles. The van der Waals surface area contributed by atoms with Gasteiger partial charge >= 0.3 is 17.3 Å². The lowest BCUT2D eigenvalue weighted by molar-refractivity contribution is -0.385. The highest BCUT2D eigenvalue weighted by Gasteiger charge is 2.27. The molecule has 0 atom stereocenters. The topological polar surface area (TPSA) is 169 Å². The van der Waals surface area contributed by atoms with Crippen molar-refractivity contribution in [2.24, 2.45) is 14.1 Å². The molecule has 0 spiro atoms. The molecule has 0 amide bonds. The predicted molar refractivity (Wildman–Crippen MR) is 98.4 cm³/mol. The quantitative estimate of drug-likeness (QED) is 0.423. The summed E-state index contributed by atoms with van der Waals surface area (Å²) in [6.07, 6.45) is 0. The number of fused-ring (bicyclic) bond motifs is 1.